The summed E-state index contributed by atoms with van der Waals surface area (Å²) in [6, 6.07) is 18.1. The van der Waals surface area contributed by atoms with Crippen LogP contribution in [0.15, 0.2) is 59.6 Å². The summed E-state index contributed by atoms with van der Waals surface area (Å²) in [4.78, 5) is 4.49. The van der Waals surface area contributed by atoms with Gasteiger partial charge in [0.05, 0.1) is 16.9 Å². The molecule has 0 spiro atoms. The van der Waals surface area contributed by atoms with Crippen molar-refractivity contribution in [2.24, 2.45) is 4.99 Å². The molecule has 1 aliphatic rings. The highest BCUT2D eigenvalue weighted by atomic mass is 16.7. The molecule has 0 aromatic heterocycles. The molecular formula is C19H22BNO2. The predicted octanol–water partition coefficient (Wildman–Crippen LogP) is 3.74. The van der Waals surface area contributed by atoms with Gasteiger partial charge >= 0.3 is 7.12 Å². The van der Waals surface area contributed by atoms with Crippen LogP contribution in [0.5, 0.6) is 0 Å². The lowest BCUT2D eigenvalue weighted by molar-refractivity contribution is 0.00578. The first-order valence-corrected chi connectivity index (χ1v) is 7.92. The van der Waals surface area contributed by atoms with Gasteiger partial charge in [0, 0.05) is 6.21 Å². The van der Waals surface area contributed by atoms with Crippen LogP contribution in [-0.4, -0.2) is 24.5 Å². The zero-order valence-corrected chi connectivity index (χ0v) is 14.1. The maximum atomic E-state index is 6.06. The second-order valence-electron chi connectivity index (χ2n) is 6.85. The molecule has 0 radical (unpaired) electrons. The third kappa shape index (κ3) is 3.38. The van der Waals surface area contributed by atoms with E-state index in [1.807, 2.05) is 60.8 Å². The Morgan fingerprint density at radius 2 is 1.39 bits per heavy atom. The second kappa shape index (κ2) is 5.95. The van der Waals surface area contributed by atoms with Crippen LogP contribution in [0.1, 0.15) is 33.3 Å². The first-order valence-electron chi connectivity index (χ1n) is 7.92. The molecule has 0 bridgehead atoms. The highest BCUT2D eigenvalue weighted by Crippen LogP contribution is 2.36. The Morgan fingerprint density at radius 3 is 1.96 bits per heavy atom. The van der Waals surface area contributed by atoms with Gasteiger partial charge in [-0.1, -0.05) is 42.5 Å². The Bertz CT molecular complexity index is 677. The van der Waals surface area contributed by atoms with Crippen LogP contribution in [0.2, 0.25) is 0 Å². The molecule has 1 heterocycles. The summed E-state index contributed by atoms with van der Waals surface area (Å²) in [5, 5.41) is 0. The molecule has 1 fully saturated rings. The lowest BCUT2D eigenvalue weighted by Gasteiger charge is -2.32. The monoisotopic (exact) mass is 307 g/mol. The third-order valence-corrected chi connectivity index (χ3v) is 4.58. The molecule has 0 aliphatic carbocycles. The highest BCUT2D eigenvalue weighted by molar-refractivity contribution is 6.62. The largest absolute Gasteiger partial charge is 0.494 e. The Hall–Kier alpha value is -1.91. The molecule has 1 aliphatic heterocycles. The van der Waals surface area contributed by atoms with E-state index in [-0.39, 0.29) is 18.3 Å². The third-order valence-electron chi connectivity index (χ3n) is 4.58. The summed E-state index contributed by atoms with van der Waals surface area (Å²) in [5.41, 5.74) is 2.38. The Labute approximate surface area is 138 Å². The highest BCUT2D eigenvalue weighted by Gasteiger charge is 2.51. The zero-order valence-electron chi connectivity index (χ0n) is 14.1. The van der Waals surface area contributed by atoms with E-state index >= 15 is 0 Å². The van der Waals surface area contributed by atoms with Crippen molar-refractivity contribution in [3.63, 3.8) is 0 Å². The molecule has 1 saturated heterocycles. The van der Waals surface area contributed by atoms with E-state index in [4.69, 9.17) is 9.31 Å². The van der Waals surface area contributed by atoms with Gasteiger partial charge in [0.25, 0.3) is 0 Å². The molecular weight excluding hydrogens is 285 g/mol. The van der Waals surface area contributed by atoms with Gasteiger partial charge in [0.15, 0.2) is 0 Å². The Kier molecular flexibility index (Phi) is 4.13. The fraction of sp³-hybridized carbons (Fsp3) is 0.316. The van der Waals surface area contributed by atoms with Gasteiger partial charge < -0.3 is 9.31 Å². The minimum Gasteiger partial charge on any atom is -0.399 e. The molecule has 3 nitrogen and oxygen atoms in total. The van der Waals surface area contributed by atoms with Crippen LogP contribution < -0.4 is 5.46 Å². The van der Waals surface area contributed by atoms with Crippen molar-refractivity contribution in [2.45, 2.75) is 38.9 Å². The maximum absolute atomic E-state index is 6.06. The molecule has 2 aromatic carbocycles. The molecule has 23 heavy (non-hydrogen) atoms. The quantitative estimate of drug-likeness (QED) is 0.639. The minimum absolute atomic E-state index is 0.318. The van der Waals surface area contributed by atoms with Gasteiger partial charge in [0.2, 0.25) is 0 Å². The van der Waals surface area contributed by atoms with Gasteiger partial charge in [0.1, 0.15) is 0 Å². The first-order chi connectivity index (χ1) is 10.9. The summed E-state index contributed by atoms with van der Waals surface area (Å²) < 4.78 is 12.1. The molecule has 0 amide bonds. The van der Waals surface area contributed by atoms with Crippen molar-refractivity contribution in [3.8, 4) is 0 Å². The van der Waals surface area contributed by atoms with Crippen molar-refractivity contribution in [2.75, 3.05) is 0 Å². The van der Waals surface area contributed by atoms with Gasteiger partial charge in [-0.15, -0.1) is 0 Å². The summed E-state index contributed by atoms with van der Waals surface area (Å²) in [6.45, 7) is 8.24. The maximum Gasteiger partial charge on any atom is 0.494 e. The second-order valence-corrected chi connectivity index (χ2v) is 6.85. The fourth-order valence-corrected chi connectivity index (χ4v) is 2.38. The fourth-order valence-electron chi connectivity index (χ4n) is 2.38. The molecule has 2 aromatic rings. The van der Waals surface area contributed by atoms with Crippen LogP contribution in [-0.2, 0) is 9.31 Å². The van der Waals surface area contributed by atoms with Crippen molar-refractivity contribution in [3.05, 3.63) is 60.2 Å². The molecule has 0 atom stereocenters. The molecule has 4 heteroatoms. The smallest absolute Gasteiger partial charge is 0.399 e. The summed E-state index contributed by atoms with van der Waals surface area (Å²) in [5.74, 6) is 0. The topological polar surface area (TPSA) is 30.8 Å². The summed E-state index contributed by atoms with van der Waals surface area (Å²) in [6.07, 6.45) is 1.86. The molecule has 0 saturated carbocycles. The number of nitrogens with zero attached hydrogens (tertiary/aromatic N) is 1. The minimum atomic E-state index is -0.327. The normalized spacial score (nSPS) is 19.4. The molecule has 0 unspecified atom stereocenters. The van der Waals surface area contributed by atoms with Crippen molar-refractivity contribution in [1.82, 2.24) is 0 Å². The average Bonchev–Trinajstić information content (AvgIpc) is 2.75. The van der Waals surface area contributed by atoms with Crippen molar-refractivity contribution in [1.29, 1.82) is 0 Å². The first kappa shape index (κ1) is 16.0. The van der Waals surface area contributed by atoms with Crippen LogP contribution in [0.3, 0.4) is 0 Å². The number of hydrogen-bond acceptors (Lipinski definition) is 3. The van der Waals surface area contributed by atoms with E-state index in [1.165, 1.54) is 0 Å². The standard InChI is InChI=1S/C19H22BNO2/c1-18(2)19(3,4)23-20(22-18)16-10-12-17(13-11-16)21-14-15-8-6-5-7-9-15/h5-14H,1-4H3. The number of rotatable bonds is 3. The summed E-state index contributed by atoms with van der Waals surface area (Å²) in [7, 11) is -0.327. The van der Waals surface area contributed by atoms with Crippen LogP contribution in [0.4, 0.5) is 5.69 Å². The lowest BCUT2D eigenvalue weighted by Crippen LogP contribution is -2.41. The van der Waals surface area contributed by atoms with Crippen LogP contribution >= 0.6 is 0 Å². The summed E-state index contributed by atoms with van der Waals surface area (Å²) >= 11 is 0. The van der Waals surface area contributed by atoms with Gasteiger partial charge in [-0.2, -0.15) is 0 Å². The Morgan fingerprint density at radius 1 is 0.826 bits per heavy atom. The van der Waals surface area contributed by atoms with E-state index in [0.717, 1.165) is 16.7 Å². The van der Waals surface area contributed by atoms with E-state index < -0.39 is 0 Å². The Balaban J connectivity index is 1.72. The average molecular weight is 307 g/mol. The number of hydrogen-bond donors (Lipinski definition) is 0. The number of aliphatic imine (C=N–C) groups is 1. The van der Waals surface area contributed by atoms with Gasteiger partial charge in [-0.3, -0.25) is 4.99 Å². The molecule has 3 rings (SSSR count). The van der Waals surface area contributed by atoms with Crippen molar-refractivity contribution >= 4 is 24.5 Å². The molecule has 118 valence electrons. The van der Waals surface area contributed by atoms with E-state index in [2.05, 4.69) is 32.7 Å². The lowest BCUT2D eigenvalue weighted by atomic mass is 9.79. The van der Waals surface area contributed by atoms with Crippen LogP contribution in [0.25, 0.3) is 0 Å². The zero-order chi connectivity index (χ0) is 16.5. The molecule has 0 N–H and O–H groups in total. The number of benzene rings is 2. The van der Waals surface area contributed by atoms with E-state index in [0.29, 0.717) is 0 Å². The van der Waals surface area contributed by atoms with Gasteiger partial charge in [-0.05, 0) is 50.9 Å². The SMILES string of the molecule is CC1(C)OB(c2ccc(N=Cc3ccccc3)cc2)OC1(C)C. The van der Waals surface area contributed by atoms with Gasteiger partial charge in [-0.25, -0.2) is 0 Å². The van der Waals surface area contributed by atoms with Crippen molar-refractivity contribution < 1.29 is 9.31 Å². The van der Waals surface area contributed by atoms with E-state index in [9.17, 15) is 0 Å². The predicted molar refractivity (Wildman–Crippen MR) is 95.9 cm³/mol. The van der Waals surface area contributed by atoms with E-state index in [1.54, 1.807) is 0 Å². The van der Waals surface area contributed by atoms with Crippen LogP contribution in [0, 0.1) is 0 Å².